The topological polar surface area (TPSA) is 105 Å². The summed E-state index contributed by atoms with van der Waals surface area (Å²) in [4.78, 5) is 43.9. The second kappa shape index (κ2) is 10.0. The number of ether oxygens (including phenoxy) is 1. The van der Waals surface area contributed by atoms with Crippen LogP contribution in [0.2, 0.25) is 0 Å². The lowest BCUT2D eigenvalue weighted by Crippen LogP contribution is -2.37. The fourth-order valence-electron chi connectivity index (χ4n) is 3.62. The quantitative estimate of drug-likeness (QED) is 0.672. The Kier molecular flexibility index (Phi) is 6.91. The molecule has 1 aromatic carbocycles. The molecule has 2 aromatic rings. The van der Waals surface area contributed by atoms with Crippen molar-refractivity contribution in [2.45, 2.75) is 12.5 Å². The monoisotopic (exact) mass is 482 g/mol. The number of cyclic esters (lactones) is 1. The van der Waals surface area contributed by atoms with Gasteiger partial charge < -0.3 is 19.4 Å². The fraction of sp³-hybridized carbons (Fsp3) is 0.381. The van der Waals surface area contributed by atoms with Crippen LogP contribution in [0, 0.1) is 5.82 Å². The van der Waals surface area contributed by atoms with Crippen molar-refractivity contribution in [1.82, 2.24) is 10.4 Å². The maximum Gasteiger partial charge on any atom is 0.414 e. The van der Waals surface area contributed by atoms with Crippen LogP contribution in [0.4, 0.5) is 29.3 Å². The number of rotatable bonds is 6. The molecule has 1 aromatic heterocycles. The van der Waals surface area contributed by atoms with Crippen molar-refractivity contribution in [3.8, 4) is 0 Å². The zero-order valence-corrected chi connectivity index (χ0v) is 17.8. The minimum Gasteiger partial charge on any atom is -0.459 e. The molecule has 0 bridgehead atoms. The fourth-order valence-corrected chi connectivity index (χ4v) is 3.62. The average molecular weight is 482 g/mol. The molecule has 182 valence electrons. The predicted molar refractivity (Wildman–Crippen MR) is 111 cm³/mol. The highest BCUT2D eigenvalue weighted by Crippen LogP contribution is 2.28. The first-order valence-corrected chi connectivity index (χ1v) is 10.4. The number of alkyl halides is 2. The Bertz CT molecular complexity index is 1050. The molecule has 0 radical (unpaired) electrons. The van der Waals surface area contributed by atoms with Crippen molar-refractivity contribution in [2.75, 3.05) is 49.1 Å². The van der Waals surface area contributed by atoms with E-state index in [9.17, 15) is 27.6 Å². The van der Waals surface area contributed by atoms with Gasteiger partial charge in [0.2, 0.25) is 0 Å². The van der Waals surface area contributed by atoms with Crippen molar-refractivity contribution >= 4 is 29.3 Å². The molecule has 0 aliphatic carbocycles. The van der Waals surface area contributed by atoms with Crippen LogP contribution < -0.4 is 15.1 Å². The van der Waals surface area contributed by atoms with Crippen LogP contribution in [0.15, 0.2) is 41.0 Å². The Morgan fingerprint density at radius 2 is 2.00 bits per heavy atom. The summed E-state index contributed by atoms with van der Waals surface area (Å²) in [5, 5.41) is 3.15. The van der Waals surface area contributed by atoms with E-state index in [2.05, 4.69) is 0 Å². The van der Waals surface area contributed by atoms with Crippen molar-refractivity contribution in [2.24, 2.45) is 0 Å². The third-order valence-electron chi connectivity index (χ3n) is 5.30. The number of hydrogen-bond acceptors (Lipinski definition) is 7. The molecular formula is C21H21F3N4O6. The van der Waals surface area contributed by atoms with Gasteiger partial charge in [0, 0.05) is 13.1 Å². The molecule has 2 saturated heterocycles. The highest BCUT2D eigenvalue weighted by Gasteiger charge is 2.34. The second-order valence-corrected chi connectivity index (χ2v) is 7.50. The van der Waals surface area contributed by atoms with Gasteiger partial charge in [-0.2, -0.15) is 8.78 Å². The number of hydrogen-bond donors (Lipinski definition) is 1. The Balaban J connectivity index is 1.38. The first-order valence-electron chi connectivity index (χ1n) is 10.4. The number of hydroxylamine groups is 2. The number of carbonyl (C=O) groups is 3. The van der Waals surface area contributed by atoms with Crippen LogP contribution in [0.1, 0.15) is 10.6 Å². The molecule has 0 spiro atoms. The summed E-state index contributed by atoms with van der Waals surface area (Å²) in [5.41, 5.74) is 0.475. The molecule has 3 heterocycles. The first-order chi connectivity index (χ1) is 16.3. The van der Waals surface area contributed by atoms with Gasteiger partial charge in [-0.3, -0.25) is 19.3 Å². The maximum atomic E-state index is 15.0. The minimum absolute atomic E-state index is 0.0391. The zero-order valence-electron chi connectivity index (χ0n) is 17.8. The Morgan fingerprint density at radius 3 is 2.71 bits per heavy atom. The van der Waals surface area contributed by atoms with E-state index < -0.39 is 36.3 Å². The molecule has 0 saturated carbocycles. The van der Waals surface area contributed by atoms with Crippen LogP contribution in [-0.2, 0) is 14.4 Å². The summed E-state index contributed by atoms with van der Waals surface area (Å²) in [6.07, 6.45) is -3.42. The highest BCUT2D eigenvalue weighted by atomic mass is 19.3. The van der Waals surface area contributed by atoms with Gasteiger partial charge in [0.15, 0.2) is 5.76 Å². The SMILES string of the molecule is O=C(NC[C@H]1CN(c2ccc(N3CCON(C(=O)c4ccco4)CC3)c(F)c2)C(=O)O1)C(F)F. The molecule has 0 unspecified atom stereocenters. The van der Waals surface area contributed by atoms with Crippen LogP contribution in [0.5, 0.6) is 0 Å². The summed E-state index contributed by atoms with van der Waals surface area (Å²) in [5.74, 6) is -2.37. The molecular weight excluding hydrogens is 461 g/mol. The van der Waals surface area contributed by atoms with E-state index in [-0.39, 0.29) is 43.4 Å². The summed E-state index contributed by atoms with van der Waals surface area (Å²) >= 11 is 0. The van der Waals surface area contributed by atoms with Gasteiger partial charge in [-0.1, -0.05) is 0 Å². The average Bonchev–Trinajstić information content (AvgIpc) is 3.41. The van der Waals surface area contributed by atoms with Gasteiger partial charge in [-0.15, -0.1) is 0 Å². The number of furan rings is 1. The molecule has 10 nitrogen and oxygen atoms in total. The van der Waals surface area contributed by atoms with Gasteiger partial charge in [0.1, 0.15) is 11.9 Å². The number of halogens is 3. The van der Waals surface area contributed by atoms with E-state index in [1.54, 1.807) is 11.0 Å². The Labute approximate surface area is 191 Å². The van der Waals surface area contributed by atoms with Gasteiger partial charge in [-0.05, 0) is 30.3 Å². The normalized spacial score (nSPS) is 18.8. The standard InChI is InChI=1S/C21H21F3N4O6/c22-15-10-13(27-12-14(34-21(27)31)11-25-19(29)18(23)24)3-4-16(15)26-5-6-28(33-9-7-26)20(30)17-2-1-8-32-17/h1-4,8,10,14,18H,5-7,9,11-12H2,(H,25,29)/t14-/m0/s1. The summed E-state index contributed by atoms with van der Waals surface area (Å²) in [6.45, 7) is 0.592. The molecule has 3 amide bonds. The number of benzene rings is 1. The van der Waals surface area contributed by atoms with Gasteiger partial charge in [0.25, 0.3) is 5.91 Å². The van der Waals surface area contributed by atoms with Gasteiger partial charge >= 0.3 is 18.4 Å². The van der Waals surface area contributed by atoms with Crippen LogP contribution in [0.3, 0.4) is 0 Å². The molecule has 34 heavy (non-hydrogen) atoms. The summed E-state index contributed by atoms with van der Waals surface area (Å²) in [7, 11) is 0. The van der Waals surface area contributed by atoms with E-state index in [0.29, 0.717) is 13.1 Å². The third kappa shape index (κ3) is 5.09. The summed E-state index contributed by atoms with van der Waals surface area (Å²) in [6, 6.07) is 7.29. The largest absolute Gasteiger partial charge is 0.459 e. The van der Waals surface area contributed by atoms with Crippen molar-refractivity contribution in [3.63, 3.8) is 0 Å². The van der Waals surface area contributed by atoms with Crippen LogP contribution in [-0.4, -0.2) is 74.8 Å². The molecule has 2 aliphatic heterocycles. The van der Waals surface area contributed by atoms with Crippen LogP contribution >= 0.6 is 0 Å². The van der Waals surface area contributed by atoms with E-state index in [1.807, 2.05) is 5.32 Å². The second-order valence-electron chi connectivity index (χ2n) is 7.50. The van der Waals surface area contributed by atoms with Crippen molar-refractivity contribution < 1.29 is 41.5 Å². The van der Waals surface area contributed by atoms with E-state index in [0.717, 1.165) is 16.0 Å². The van der Waals surface area contributed by atoms with Gasteiger partial charge in [0.05, 0.1) is 43.9 Å². The number of nitrogens with zero attached hydrogens (tertiary/aromatic N) is 3. The Hall–Kier alpha value is -3.74. The lowest BCUT2D eigenvalue weighted by molar-refractivity contribution is -0.132. The number of nitrogens with one attached hydrogen (secondary N) is 1. The minimum atomic E-state index is -3.17. The maximum absolute atomic E-state index is 15.0. The summed E-state index contributed by atoms with van der Waals surface area (Å²) < 4.78 is 49.7. The smallest absolute Gasteiger partial charge is 0.414 e. The molecule has 2 fully saturated rings. The zero-order chi connectivity index (χ0) is 24.2. The van der Waals surface area contributed by atoms with Crippen molar-refractivity contribution in [1.29, 1.82) is 0 Å². The molecule has 13 heteroatoms. The van der Waals surface area contributed by atoms with Gasteiger partial charge in [-0.25, -0.2) is 14.2 Å². The molecule has 4 rings (SSSR count). The van der Waals surface area contributed by atoms with Crippen LogP contribution in [0.25, 0.3) is 0 Å². The van der Waals surface area contributed by atoms with Crippen molar-refractivity contribution in [3.05, 3.63) is 48.2 Å². The number of carbonyl (C=O) groups excluding carboxylic acids is 3. The first kappa shape index (κ1) is 23.4. The van der Waals surface area contributed by atoms with E-state index in [4.69, 9.17) is 14.0 Å². The Morgan fingerprint density at radius 1 is 1.18 bits per heavy atom. The lowest BCUT2D eigenvalue weighted by Gasteiger charge is -2.23. The highest BCUT2D eigenvalue weighted by molar-refractivity contribution is 5.91. The number of anilines is 2. The third-order valence-corrected chi connectivity index (χ3v) is 5.30. The molecule has 1 atom stereocenters. The molecule has 2 aliphatic rings. The van der Waals surface area contributed by atoms with E-state index >= 15 is 0 Å². The predicted octanol–water partition coefficient (Wildman–Crippen LogP) is 2.02. The lowest BCUT2D eigenvalue weighted by atomic mass is 10.2. The molecule has 1 N–H and O–H groups in total. The van der Waals surface area contributed by atoms with E-state index in [1.165, 1.54) is 24.5 Å². The number of amides is 3.